The lowest BCUT2D eigenvalue weighted by atomic mass is 9.79. The highest BCUT2D eigenvalue weighted by Crippen LogP contribution is 2.33. The van der Waals surface area contributed by atoms with Gasteiger partial charge < -0.3 is 15.4 Å². The van der Waals surface area contributed by atoms with E-state index in [4.69, 9.17) is 4.74 Å². The van der Waals surface area contributed by atoms with Crippen molar-refractivity contribution in [3.8, 4) is 0 Å². The van der Waals surface area contributed by atoms with E-state index in [0.29, 0.717) is 0 Å². The van der Waals surface area contributed by atoms with Crippen molar-refractivity contribution in [2.75, 3.05) is 26.7 Å². The summed E-state index contributed by atoms with van der Waals surface area (Å²) in [5.74, 6) is 1.80. The molecule has 0 amide bonds. The summed E-state index contributed by atoms with van der Waals surface area (Å²) < 4.78 is 5.77. The molecule has 18 heavy (non-hydrogen) atoms. The number of hydrogen-bond donors (Lipinski definition) is 2. The molecule has 0 spiro atoms. The number of guanidine groups is 1. The van der Waals surface area contributed by atoms with Gasteiger partial charge in [0, 0.05) is 26.7 Å². The van der Waals surface area contributed by atoms with Gasteiger partial charge >= 0.3 is 0 Å². The first kappa shape index (κ1) is 16.0. The lowest BCUT2D eigenvalue weighted by Gasteiger charge is -2.38. The van der Waals surface area contributed by atoms with Crippen LogP contribution in [0, 0.1) is 5.92 Å². The number of nitrogens with zero attached hydrogens (tertiary/aromatic N) is 1. The molecular formula is C13H26IN3O. The zero-order valence-electron chi connectivity index (χ0n) is 11.5. The molecule has 0 unspecified atom stereocenters. The second-order valence-electron chi connectivity index (χ2n) is 5.43. The normalized spacial score (nSPS) is 31.9. The minimum atomic E-state index is 0. The van der Waals surface area contributed by atoms with Gasteiger partial charge in [-0.05, 0) is 38.0 Å². The van der Waals surface area contributed by atoms with E-state index in [0.717, 1.165) is 50.8 Å². The molecule has 1 heterocycles. The van der Waals surface area contributed by atoms with E-state index < -0.39 is 0 Å². The third-order valence-electron chi connectivity index (χ3n) is 4.09. The number of ether oxygens (including phenoxy) is 1. The van der Waals surface area contributed by atoms with Crippen molar-refractivity contribution >= 4 is 29.9 Å². The molecule has 2 aliphatic rings. The third kappa shape index (κ3) is 4.26. The Morgan fingerprint density at radius 2 is 2.17 bits per heavy atom. The van der Waals surface area contributed by atoms with Gasteiger partial charge in [0.15, 0.2) is 5.96 Å². The third-order valence-corrected chi connectivity index (χ3v) is 4.09. The SMILES string of the molecule is COC1(CNC2=NCCCN2)CCC(C)CC1.I. The van der Waals surface area contributed by atoms with Gasteiger partial charge in [-0.1, -0.05) is 6.92 Å². The van der Waals surface area contributed by atoms with Gasteiger partial charge in [-0.25, -0.2) is 0 Å². The van der Waals surface area contributed by atoms with E-state index in [-0.39, 0.29) is 29.6 Å². The minimum absolute atomic E-state index is 0. The first-order chi connectivity index (χ1) is 8.24. The van der Waals surface area contributed by atoms with Gasteiger partial charge in [0.2, 0.25) is 0 Å². The van der Waals surface area contributed by atoms with Gasteiger partial charge in [-0.2, -0.15) is 0 Å². The average molecular weight is 367 g/mol. The molecule has 4 nitrogen and oxygen atoms in total. The fourth-order valence-electron chi connectivity index (χ4n) is 2.64. The van der Waals surface area contributed by atoms with Gasteiger partial charge in [-0.3, -0.25) is 4.99 Å². The predicted octanol–water partition coefficient (Wildman–Crippen LogP) is 2.14. The maximum Gasteiger partial charge on any atom is 0.191 e. The van der Waals surface area contributed by atoms with E-state index in [9.17, 15) is 0 Å². The molecule has 106 valence electrons. The molecule has 1 aliphatic carbocycles. The molecule has 1 saturated carbocycles. The van der Waals surface area contributed by atoms with Crippen LogP contribution in [-0.2, 0) is 4.74 Å². The minimum Gasteiger partial charge on any atom is -0.376 e. The first-order valence-corrected chi connectivity index (χ1v) is 6.81. The predicted molar refractivity (Wildman–Crippen MR) is 85.7 cm³/mol. The number of halogens is 1. The summed E-state index contributed by atoms with van der Waals surface area (Å²) in [6, 6.07) is 0. The number of hydrogen-bond acceptors (Lipinski definition) is 4. The van der Waals surface area contributed by atoms with Crippen LogP contribution in [0.4, 0.5) is 0 Å². The van der Waals surface area contributed by atoms with Crippen molar-refractivity contribution in [2.24, 2.45) is 10.9 Å². The summed E-state index contributed by atoms with van der Waals surface area (Å²) in [5, 5.41) is 6.70. The molecule has 0 saturated heterocycles. The summed E-state index contributed by atoms with van der Waals surface area (Å²) in [6.45, 7) is 5.18. The average Bonchev–Trinajstić information content (AvgIpc) is 2.40. The van der Waals surface area contributed by atoms with Crippen LogP contribution in [-0.4, -0.2) is 38.3 Å². The molecule has 0 aromatic rings. The second kappa shape index (κ2) is 7.53. The maximum atomic E-state index is 5.77. The van der Waals surface area contributed by atoms with Crippen LogP contribution in [0.15, 0.2) is 4.99 Å². The highest BCUT2D eigenvalue weighted by atomic mass is 127. The standard InChI is InChI=1S/C13H25N3O.HI/c1-11-4-6-13(17-2,7-5-11)10-16-12-14-8-3-9-15-12;/h11H,3-10H2,1-2H3,(H2,14,15,16);1H. The lowest BCUT2D eigenvalue weighted by molar-refractivity contribution is -0.0431. The van der Waals surface area contributed by atoms with Gasteiger partial charge in [0.1, 0.15) is 0 Å². The Morgan fingerprint density at radius 3 is 2.72 bits per heavy atom. The molecule has 0 aromatic heterocycles. The largest absolute Gasteiger partial charge is 0.376 e. The van der Waals surface area contributed by atoms with Crippen LogP contribution >= 0.6 is 24.0 Å². The van der Waals surface area contributed by atoms with E-state index in [1.54, 1.807) is 0 Å². The first-order valence-electron chi connectivity index (χ1n) is 6.81. The van der Waals surface area contributed by atoms with Crippen molar-refractivity contribution in [3.05, 3.63) is 0 Å². The summed E-state index contributed by atoms with van der Waals surface area (Å²) in [5.41, 5.74) is 0.0220. The maximum absolute atomic E-state index is 5.77. The van der Waals surface area contributed by atoms with Gasteiger partial charge in [-0.15, -0.1) is 24.0 Å². The summed E-state index contributed by atoms with van der Waals surface area (Å²) in [4.78, 5) is 4.43. The van der Waals surface area contributed by atoms with Crippen LogP contribution in [0.2, 0.25) is 0 Å². The lowest BCUT2D eigenvalue weighted by Crippen LogP contribution is -2.50. The van der Waals surface area contributed by atoms with Crippen molar-refractivity contribution < 1.29 is 4.74 Å². The molecular weight excluding hydrogens is 341 g/mol. The molecule has 1 aliphatic heterocycles. The summed E-state index contributed by atoms with van der Waals surface area (Å²) in [7, 11) is 1.84. The Balaban J connectivity index is 0.00000162. The Kier molecular flexibility index (Phi) is 6.70. The zero-order valence-corrected chi connectivity index (χ0v) is 13.8. The highest BCUT2D eigenvalue weighted by Gasteiger charge is 2.34. The van der Waals surface area contributed by atoms with Gasteiger partial charge in [0.25, 0.3) is 0 Å². The van der Waals surface area contributed by atoms with E-state index in [2.05, 4.69) is 22.5 Å². The summed E-state index contributed by atoms with van der Waals surface area (Å²) in [6.07, 6.45) is 6.00. The van der Waals surface area contributed by atoms with Crippen molar-refractivity contribution in [1.82, 2.24) is 10.6 Å². The van der Waals surface area contributed by atoms with E-state index in [1.165, 1.54) is 12.8 Å². The quantitative estimate of drug-likeness (QED) is 0.752. The Morgan fingerprint density at radius 1 is 1.44 bits per heavy atom. The molecule has 1 fully saturated rings. The van der Waals surface area contributed by atoms with Gasteiger partial charge in [0.05, 0.1) is 5.60 Å². The zero-order chi connectivity index (χ0) is 12.1. The molecule has 5 heteroatoms. The fourth-order valence-corrected chi connectivity index (χ4v) is 2.64. The molecule has 2 N–H and O–H groups in total. The smallest absolute Gasteiger partial charge is 0.191 e. The van der Waals surface area contributed by atoms with E-state index in [1.807, 2.05) is 7.11 Å². The Bertz CT molecular complexity index is 275. The highest BCUT2D eigenvalue weighted by molar-refractivity contribution is 14.0. The van der Waals surface area contributed by atoms with E-state index >= 15 is 0 Å². The second-order valence-corrected chi connectivity index (χ2v) is 5.43. The van der Waals surface area contributed by atoms with Crippen molar-refractivity contribution in [3.63, 3.8) is 0 Å². The number of rotatable bonds is 3. The number of aliphatic imine (C=N–C) groups is 1. The number of nitrogens with one attached hydrogen (secondary N) is 2. The molecule has 0 atom stereocenters. The van der Waals surface area contributed by atoms with Crippen LogP contribution < -0.4 is 10.6 Å². The Hall–Kier alpha value is -0.0400. The number of methoxy groups -OCH3 is 1. The topological polar surface area (TPSA) is 45.6 Å². The monoisotopic (exact) mass is 367 g/mol. The Labute approximate surface area is 127 Å². The van der Waals surface area contributed by atoms with Crippen LogP contribution in [0.3, 0.4) is 0 Å². The van der Waals surface area contributed by atoms with Crippen molar-refractivity contribution in [1.29, 1.82) is 0 Å². The molecule has 2 rings (SSSR count). The molecule has 0 bridgehead atoms. The van der Waals surface area contributed by atoms with Crippen LogP contribution in [0.25, 0.3) is 0 Å². The van der Waals surface area contributed by atoms with Crippen LogP contribution in [0.5, 0.6) is 0 Å². The van der Waals surface area contributed by atoms with Crippen molar-refractivity contribution in [2.45, 2.75) is 44.6 Å². The molecule has 0 radical (unpaired) electrons. The molecule has 0 aromatic carbocycles. The fraction of sp³-hybridized carbons (Fsp3) is 0.923. The van der Waals surface area contributed by atoms with Crippen LogP contribution in [0.1, 0.15) is 39.0 Å². The summed E-state index contributed by atoms with van der Waals surface area (Å²) >= 11 is 0.